The van der Waals surface area contributed by atoms with Crippen molar-refractivity contribution in [2.75, 3.05) is 12.3 Å². The van der Waals surface area contributed by atoms with Gasteiger partial charge in [-0.3, -0.25) is 5.10 Å². The molecule has 1 saturated carbocycles. The molecule has 1 aromatic rings. The average molecular weight is 209 g/mol. The van der Waals surface area contributed by atoms with Crippen LogP contribution in [0.25, 0.3) is 0 Å². The van der Waals surface area contributed by atoms with Crippen LogP contribution in [0.2, 0.25) is 0 Å². The summed E-state index contributed by atoms with van der Waals surface area (Å²) in [5, 5.41) is 6.72. The van der Waals surface area contributed by atoms with Gasteiger partial charge in [0.2, 0.25) is 5.95 Å². The average Bonchev–Trinajstić information content (AvgIpc) is 2.65. The number of H-pyrrole nitrogens is 1. The van der Waals surface area contributed by atoms with Crippen LogP contribution in [0.3, 0.4) is 0 Å². The molecule has 84 valence electrons. The normalized spacial score (nSPS) is 20.3. The van der Waals surface area contributed by atoms with Gasteiger partial charge in [-0.15, -0.1) is 5.10 Å². The van der Waals surface area contributed by atoms with Crippen LogP contribution in [0.5, 0.6) is 0 Å². The maximum Gasteiger partial charge on any atom is 0.239 e. The summed E-state index contributed by atoms with van der Waals surface area (Å²) in [6.07, 6.45) is 7.17. The Hall–Kier alpha value is -1.10. The van der Waals surface area contributed by atoms with E-state index in [1.165, 1.54) is 32.1 Å². The van der Waals surface area contributed by atoms with Gasteiger partial charge in [-0.1, -0.05) is 19.3 Å². The standard InChI is InChI=1S/C10H19N5/c11-7-10(4-2-1-3-5-10)6-8-13-9(12)15-14-8/h1-7,11H2,(H3,12,13,14,15). The van der Waals surface area contributed by atoms with E-state index in [1.54, 1.807) is 0 Å². The molecule has 15 heavy (non-hydrogen) atoms. The van der Waals surface area contributed by atoms with E-state index >= 15 is 0 Å². The molecule has 5 heteroatoms. The molecule has 0 radical (unpaired) electrons. The van der Waals surface area contributed by atoms with Crippen LogP contribution in [-0.4, -0.2) is 21.7 Å². The van der Waals surface area contributed by atoms with Crippen LogP contribution in [0.15, 0.2) is 0 Å². The molecular weight excluding hydrogens is 190 g/mol. The monoisotopic (exact) mass is 209 g/mol. The summed E-state index contributed by atoms with van der Waals surface area (Å²) in [4.78, 5) is 4.15. The van der Waals surface area contributed by atoms with Crippen molar-refractivity contribution in [3.63, 3.8) is 0 Å². The summed E-state index contributed by atoms with van der Waals surface area (Å²) in [6, 6.07) is 0. The summed E-state index contributed by atoms with van der Waals surface area (Å²) < 4.78 is 0. The van der Waals surface area contributed by atoms with Gasteiger partial charge in [-0.25, -0.2) is 0 Å². The Balaban J connectivity index is 2.06. The quantitative estimate of drug-likeness (QED) is 0.687. The van der Waals surface area contributed by atoms with E-state index in [1.807, 2.05) is 0 Å². The number of rotatable bonds is 3. The van der Waals surface area contributed by atoms with Gasteiger partial charge < -0.3 is 11.5 Å². The summed E-state index contributed by atoms with van der Waals surface area (Å²) in [5.41, 5.74) is 11.6. The second kappa shape index (κ2) is 4.18. The van der Waals surface area contributed by atoms with Crippen molar-refractivity contribution in [1.29, 1.82) is 0 Å². The fourth-order valence-corrected chi connectivity index (χ4v) is 2.50. The van der Waals surface area contributed by atoms with Crippen molar-refractivity contribution in [1.82, 2.24) is 15.2 Å². The highest BCUT2D eigenvalue weighted by molar-refractivity contribution is 5.13. The molecule has 0 aliphatic heterocycles. The van der Waals surface area contributed by atoms with E-state index in [0.717, 1.165) is 18.8 Å². The second-order valence-corrected chi connectivity index (χ2v) is 4.58. The van der Waals surface area contributed by atoms with Crippen LogP contribution in [0, 0.1) is 5.41 Å². The van der Waals surface area contributed by atoms with E-state index in [2.05, 4.69) is 15.2 Å². The molecule has 1 heterocycles. The Morgan fingerprint density at radius 3 is 2.53 bits per heavy atom. The third-order valence-electron chi connectivity index (χ3n) is 3.44. The van der Waals surface area contributed by atoms with E-state index in [9.17, 15) is 0 Å². The van der Waals surface area contributed by atoms with Crippen molar-refractivity contribution in [3.8, 4) is 0 Å². The number of anilines is 1. The molecule has 1 aliphatic carbocycles. The van der Waals surface area contributed by atoms with Gasteiger partial charge in [0.1, 0.15) is 5.82 Å². The van der Waals surface area contributed by atoms with Crippen LogP contribution >= 0.6 is 0 Å². The summed E-state index contributed by atoms with van der Waals surface area (Å²) in [5.74, 6) is 1.20. The van der Waals surface area contributed by atoms with Crippen LogP contribution in [0.1, 0.15) is 37.9 Å². The molecule has 1 aliphatic rings. The number of nitrogens with zero attached hydrogens (tertiary/aromatic N) is 2. The first-order valence-electron chi connectivity index (χ1n) is 5.61. The largest absolute Gasteiger partial charge is 0.367 e. The zero-order valence-corrected chi connectivity index (χ0v) is 9.00. The summed E-state index contributed by atoms with van der Waals surface area (Å²) in [7, 11) is 0. The zero-order chi connectivity index (χ0) is 10.7. The predicted octanol–water partition coefficient (Wildman–Crippen LogP) is 0.839. The van der Waals surface area contributed by atoms with Crippen molar-refractivity contribution in [2.24, 2.45) is 11.1 Å². The van der Waals surface area contributed by atoms with Crippen LogP contribution in [-0.2, 0) is 6.42 Å². The van der Waals surface area contributed by atoms with Crippen molar-refractivity contribution in [2.45, 2.75) is 38.5 Å². The molecule has 0 atom stereocenters. The fraction of sp³-hybridized carbons (Fsp3) is 0.800. The predicted molar refractivity (Wildman–Crippen MR) is 59.1 cm³/mol. The maximum atomic E-state index is 5.90. The lowest BCUT2D eigenvalue weighted by molar-refractivity contribution is 0.194. The number of aromatic amines is 1. The van der Waals surface area contributed by atoms with Gasteiger partial charge in [0.05, 0.1) is 0 Å². The Bertz CT molecular complexity index is 313. The maximum absolute atomic E-state index is 5.90. The third kappa shape index (κ3) is 2.28. The number of hydrogen-bond donors (Lipinski definition) is 3. The third-order valence-corrected chi connectivity index (χ3v) is 3.44. The van der Waals surface area contributed by atoms with Crippen molar-refractivity contribution < 1.29 is 0 Å². The minimum atomic E-state index is 0.226. The number of nitrogens with two attached hydrogens (primary N) is 2. The number of nitrogen functional groups attached to an aromatic ring is 1. The molecule has 0 unspecified atom stereocenters. The number of hydrogen-bond acceptors (Lipinski definition) is 4. The first-order chi connectivity index (χ1) is 7.24. The van der Waals surface area contributed by atoms with Crippen LogP contribution < -0.4 is 11.5 Å². The van der Waals surface area contributed by atoms with Gasteiger partial charge in [0.25, 0.3) is 0 Å². The summed E-state index contributed by atoms with van der Waals surface area (Å²) in [6.45, 7) is 0.730. The smallest absolute Gasteiger partial charge is 0.239 e. The topological polar surface area (TPSA) is 93.6 Å². The molecule has 0 bridgehead atoms. The lowest BCUT2D eigenvalue weighted by Crippen LogP contribution is -2.35. The highest BCUT2D eigenvalue weighted by atomic mass is 15.3. The molecular formula is C10H19N5. The number of nitrogens with one attached hydrogen (secondary N) is 1. The van der Waals surface area contributed by atoms with Gasteiger partial charge in [-0.2, -0.15) is 4.98 Å². The Morgan fingerprint density at radius 2 is 2.00 bits per heavy atom. The van der Waals surface area contributed by atoms with Crippen molar-refractivity contribution in [3.05, 3.63) is 5.82 Å². The van der Waals surface area contributed by atoms with Gasteiger partial charge in [-0.05, 0) is 24.8 Å². The Kier molecular flexibility index (Phi) is 2.90. The van der Waals surface area contributed by atoms with E-state index in [0.29, 0.717) is 5.95 Å². The molecule has 5 N–H and O–H groups in total. The first kappa shape index (κ1) is 10.4. The Labute approximate surface area is 89.6 Å². The van der Waals surface area contributed by atoms with Crippen LogP contribution in [0.4, 0.5) is 5.95 Å². The number of aromatic nitrogens is 3. The molecule has 0 spiro atoms. The van der Waals surface area contributed by atoms with Gasteiger partial charge in [0.15, 0.2) is 0 Å². The molecule has 0 aromatic carbocycles. The lowest BCUT2D eigenvalue weighted by atomic mass is 9.72. The molecule has 1 fully saturated rings. The van der Waals surface area contributed by atoms with E-state index in [-0.39, 0.29) is 5.41 Å². The minimum Gasteiger partial charge on any atom is -0.367 e. The Morgan fingerprint density at radius 1 is 1.27 bits per heavy atom. The van der Waals surface area contributed by atoms with E-state index in [4.69, 9.17) is 11.5 Å². The van der Waals surface area contributed by atoms with Crippen molar-refractivity contribution >= 4 is 5.95 Å². The molecule has 0 saturated heterocycles. The SMILES string of the molecule is NCC1(Cc2nc(N)n[nH]2)CCCCC1. The highest BCUT2D eigenvalue weighted by Gasteiger charge is 2.31. The minimum absolute atomic E-state index is 0.226. The molecule has 5 nitrogen and oxygen atoms in total. The fourth-order valence-electron chi connectivity index (χ4n) is 2.50. The highest BCUT2D eigenvalue weighted by Crippen LogP contribution is 2.37. The molecule has 0 amide bonds. The summed E-state index contributed by atoms with van der Waals surface area (Å²) >= 11 is 0. The van der Waals surface area contributed by atoms with Gasteiger partial charge in [0, 0.05) is 6.42 Å². The molecule has 2 rings (SSSR count). The molecule has 1 aromatic heterocycles. The second-order valence-electron chi connectivity index (χ2n) is 4.58. The van der Waals surface area contributed by atoms with E-state index < -0.39 is 0 Å². The zero-order valence-electron chi connectivity index (χ0n) is 9.00. The van der Waals surface area contributed by atoms with Gasteiger partial charge >= 0.3 is 0 Å². The first-order valence-corrected chi connectivity index (χ1v) is 5.61. The lowest BCUT2D eigenvalue weighted by Gasteiger charge is -2.35.